The molecule has 9 nitrogen and oxygen atoms in total. The second-order valence-electron chi connectivity index (χ2n) is 12.0. The molecule has 1 heterocycles. The molecule has 2 N–H and O–H groups in total. The first-order valence-electron chi connectivity index (χ1n) is 15.6. The van der Waals surface area contributed by atoms with Gasteiger partial charge in [0.25, 0.3) is 0 Å². The van der Waals surface area contributed by atoms with E-state index >= 15 is 0 Å². The Morgan fingerprint density at radius 1 is 1.11 bits per heavy atom. The Kier molecular flexibility index (Phi) is 12.7. The molecule has 1 saturated carbocycles. The van der Waals surface area contributed by atoms with Crippen molar-refractivity contribution in [2.45, 2.75) is 64.6 Å². The van der Waals surface area contributed by atoms with E-state index in [1.165, 1.54) is 17.9 Å². The van der Waals surface area contributed by atoms with Crippen LogP contribution >= 0.6 is 11.8 Å². The number of ether oxygens (including phenoxy) is 1. The molecule has 1 aliphatic rings. The van der Waals surface area contributed by atoms with E-state index in [2.05, 4.69) is 64.7 Å². The monoisotopic (exact) mass is 621 g/mol. The molecular formula is C34H47N5O4S. The van der Waals surface area contributed by atoms with Crippen LogP contribution in [0.5, 0.6) is 0 Å². The molecule has 1 aliphatic carbocycles. The van der Waals surface area contributed by atoms with Gasteiger partial charge in [0.1, 0.15) is 6.04 Å². The second-order valence-corrected chi connectivity index (χ2v) is 13.0. The van der Waals surface area contributed by atoms with Crippen molar-refractivity contribution < 1.29 is 19.1 Å². The lowest BCUT2D eigenvalue weighted by molar-refractivity contribution is -0.145. The van der Waals surface area contributed by atoms with Crippen molar-refractivity contribution in [3.8, 4) is 0 Å². The Morgan fingerprint density at radius 2 is 1.89 bits per heavy atom. The van der Waals surface area contributed by atoms with E-state index in [9.17, 15) is 14.4 Å². The summed E-state index contributed by atoms with van der Waals surface area (Å²) in [5.74, 6) is 0.841. The van der Waals surface area contributed by atoms with Gasteiger partial charge >= 0.3 is 5.97 Å². The van der Waals surface area contributed by atoms with Crippen LogP contribution in [-0.2, 0) is 32.1 Å². The number of esters is 1. The first-order chi connectivity index (χ1) is 21.3. The van der Waals surface area contributed by atoms with Crippen molar-refractivity contribution >= 4 is 40.3 Å². The summed E-state index contributed by atoms with van der Waals surface area (Å²) in [6, 6.07) is 13.9. The number of rotatable bonds is 18. The van der Waals surface area contributed by atoms with Crippen LogP contribution in [0.3, 0.4) is 0 Å². The summed E-state index contributed by atoms with van der Waals surface area (Å²) in [6.07, 6.45) is 9.45. The Hall–Kier alpha value is -3.37. The van der Waals surface area contributed by atoms with Crippen LogP contribution < -0.4 is 10.6 Å². The molecule has 3 aromatic rings. The van der Waals surface area contributed by atoms with Crippen molar-refractivity contribution in [2.75, 3.05) is 38.8 Å². The van der Waals surface area contributed by atoms with E-state index in [-0.39, 0.29) is 36.7 Å². The molecule has 2 aromatic carbocycles. The van der Waals surface area contributed by atoms with E-state index < -0.39 is 12.0 Å². The highest BCUT2D eigenvalue weighted by atomic mass is 32.2. The smallest absolute Gasteiger partial charge is 0.328 e. The standard InChI is InChI=1S/C34H47N5O4S/c1-5-24(2)31(21-38(19-25-10-11-25)22-33(41)36-30(14-15-44-4)34(42)43-3)37-32(40)17-29-18-35-23-39(29)20-26-12-13-27-8-6-7-9-28(27)16-26/h6-9,12-13,16,18,23-25,30-31H,5,10-11,14-15,17,19-22H2,1-4H3,(H,36,41)(H,37,40)/t24-,30-,31+/m0/s1. The molecule has 0 aliphatic heterocycles. The predicted octanol–water partition coefficient (Wildman–Crippen LogP) is 4.28. The predicted molar refractivity (Wildman–Crippen MR) is 176 cm³/mol. The number of imidazole rings is 1. The molecule has 0 saturated heterocycles. The number of hydrogen-bond acceptors (Lipinski definition) is 7. The summed E-state index contributed by atoms with van der Waals surface area (Å²) in [7, 11) is 1.34. The fourth-order valence-electron chi connectivity index (χ4n) is 5.46. The maximum Gasteiger partial charge on any atom is 0.328 e. The van der Waals surface area contributed by atoms with Crippen LogP contribution in [0.2, 0.25) is 0 Å². The number of carbonyl (C=O) groups excluding carboxylic acids is 3. The summed E-state index contributed by atoms with van der Waals surface area (Å²) in [6.45, 7) is 6.42. The van der Waals surface area contributed by atoms with Crippen LogP contribution in [0, 0.1) is 11.8 Å². The zero-order chi connectivity index (χ0) is 31.5. The number of aromatic nitrogens is 2. The van der Waals surface area contributed by atoms with E-state index in [1.807, 2.05) is 23.0 Å². The summed E-state index contributed by atoms with van der Waals surface area (Å²) in [5.41, 5.74) is 2.00. The van der Waals surface area contributed by atoms with Crippen LogP contribution in [0.1, 0.15) is 50.8 Å². The number of fused-ring (bicyclic) bond motifs is 1. The topological polar surface area (TPSA) is 106 Å². The minimum Gasteiger partial charge on any atom is -0.467 e. The summed E-state index contributed by atoms with van der Waals surface area (Å²) in [4.78, 5) is 45.2. The maximum atomic E-state index is 13.4. The molecule has 44 heavy (non-hydrogen) atoms. The molecule has 4 rings (SSSR count). The van der Waals surface area contributed by atoms with Crippen molar-refractivity contribution in [1.82, 2.24) is 25.1 Å². The fourth-order valence-corrected chi connectivity index (χ4v) is 5.93. The van der Waals surface area contributed by atoms with E-state index in [0.717, 1.165) is 42.8 Å². The molecule has 1 aromatic heterocycles. The zero-order valence-corrected chi connectivity index (χ0v) is 27.3. The van der Waals surface area contributed by atoms with Crippen molar-refractivity contribution in [2.24, 2.45) is 11.8 Å². The van der Waals surface area contributed by atoms with E-state index in [1.54, 1.807) is 24.3 Å². The third kappa shape index (κ3) is 10.1. The largest absolute Gasteiger partial charge is 0.467 e. The molecule has 0 unspecified atom stereocenters. The highest BCUT2D eigenvalue weighted by Gasteiger charge is 2.30. The van der Waals surface area contributed by atoms with E-state index in [4.69, 9.17) is 4.74 Å². The number of nitrogens with one attached hydrogen (secondary N) is 2. The van der Waals surface area contributed by atoms with Gasteiger partial charge in [-0.25, -0.2) is 9.78 Å². The van der Waals surface area contributed by atoms with Gasteiger partial charge in [-0.3, -0.25) is 14.5 Å². The summed E-state index contributed by atoms with van der Waals surface area (Å²) < 4.78 is 6.94. The normalized spacial score (nSPS) is 15.1. The molecule has 3 atom stereocenters. The van der Waals surface area contributed by atoms with Gasteiger partial charge in [0, 0.05) is 37.6 Å². The average Bonchev–Trinajstić information content (AvgIpc) is 3.74. The summed E-state index contributed by atoms with van der Waals surface area (Å²) >= 11 is 1.62. The third-order valence-electron chi connectivity index (χ3n) is 8.45. The zero-order valence-electron chi connectivity index (χ0n) is 26.5. The average molecular weight is 622 g/mol. The fraction of sp³-hybridized carbons (Fsp3) is 0.529. The van der Waals surface area contributed by atoms with Gasteiger partial charge < -0.3 is 19.9 Å². The molecule has 238 valence electrons. The van der Waals surface area contributed by atoms with Crippen LogP contribution in [0.15, 0.2) is 55.0 Å². The van der Waals surface area contributed by atoms with Gasteiger partial charge in [-0.05, 0) is 65.5 Å². The first kappa shape index (κ1) is 33.5. The van der Waals surface area contributed by atoms with Crippen LogP contribution in [0.4, 0.5) is 0 Å². The van der Waals surface area contributed by atoms with Crippen LogP contribution in [0.25, 0.3) is 10.8 Å². The van der Waals surface area contributed by atoms with Gasteiger partial charge in [0.05, 0.1) is 26.4 Å². The second kappa shape index (κ2) is 16.6. The lowest BCUT2D eigenvalue weighted by Crippen LogP contribution is -2.52. The molecule has 0 bridgehead atoms. The van der Waals surface area contributed by atoms with Crippen LogP contribution in [-0.4, -0.2) is 83.1 Å². The number of methoxy groups -OCH3 is 1. The lowest BCUT2D eigenvalue weighted by atomic mass is 9.98. The molecule has 0 radical (unpaired) electrons. The Bertz CT molecular complexity index is 1390. The molecule has 10 heteroatoms. The Labute approximate surface area is 265 Å². The quantitative estimate of drug-likeness (QED) is 0.204. The Morgan fingerprint density at radius 3 is 2.59 bits per heavy atom. The third-order valence-corrected chi connectivity index (χ3v) is 9.10. The molecule has 2 amide bonds. The number of nitrogens with zero attached hydrogens (tertiary/aromatic N) is 3. The highest BCUT2D eigenvalue weighted by Crippen LogP contribution is 2.30. The van der Waals surface area contributed by atoms with E-state index in [0.29, 0.717) is 25.4 Å². The molecule has 0 spiro atoms. The number of benzene rings is 2. The minimum atomic E-state index is -0.660. The van der Waals surface area contributed by atoms with Crippen molar-refractivity contribution in [1.29, 1.82) is 0 Å². The Balaban J connectivity index is 1.38. The first-order valence-corrected chi connectivity index (χ1v) is 17.0. The summed E-state index contributed by atoms with van der Waals surface area (Å²) in [5, 5.41) is 8.55. The number of thioether (sulfide) groups is 1. The molecular weight excluding hydrogens is 574 g/mol. The van der Waals surface area contributed by atoms with Crippen molar-refractivity contribution in [3.63, 3.8) is 0 Å². The maximum absolute atomic E-state index is 13.4. The number of carbonyl (C=O) groups is 3. The van der Waals surface area contributed by atoms with Crippen molar-refractivity contribution in [3.05, 3.63) is 66.2 Å². The SMILES string of the molecule is CC[C@H](C)[C@@H](CN(CC(=O)N[C@@H](CCSC)C(=O)OC)CC1CC1)NC(=O)Cc1cncn1Cc1ccc2ccccc2c1. The number of hydrogen-bond donors (Lipinski definition) is 2. The van der Waals surface area contributed by atoms with Gasteiger partial charge in [0.2, 0.25) is 11.8 Å². The van der Waals surface area contributed by atoms with Gasteiger partial charge in [-0.2, -0.15) is 11.8 Å². The van der Waals surface area contributed by atoms with Gasteiger partial charge in [0.15, 0.2) is 0 Å². The number of amides is 2. The van der Waals surface area contributed by atoms with Gasteiger partial charge in [-0.1, -0.05) is 56.7 Å². The minimum absolute atomic E-state index is 0.0609. The lowest BCUT2D eigenvalue weighted by Gasteiger charge is -2.31. The van der Waals surface area contributed by atoms with Gasteiger partial charge in [-0.15, -0.1) is 0 Å². The highest BCUT2D eigenvalue weighted by molar-refractivity contribution is 7.98. The molecule has 1 fully saturated rings.